The van der Waals surface area contributed by atoms with Crippen LogP contribution in [0.25, 0.3) is 16.5 Å². The van der Waals surface area contributed by atoms with E-state index in [0.29, 0.717) is 11.1 Å². The lowest BCUT2D eigenvalue weighted by Gasteiger charge is -2.22. The van der Waals surface area contributed by atoms with Gasteiger partial charge in [0.15, 0.2) is 0 Å². The third-order valence-corrected chi connectivity index (χ3v) is 5.15. The standard InChI is InChI=1S/C19H20N2O2/c1-21-11-14(13-9-5-6-10-15(13)21)17-16(18(22)20-19(17)23)12-7-3-2-4-8-12/h5-6,9-12H,2-4,7-8H2,1H3,(H,20,22,23). The molecule has 4 nitrogen and oxygen atoms in total. The molecule has 118 valence electrons. The molecule has 2 amide bonds. The van der Waals surface area contributed by atoms with Gasteiger partial charge in [0, 0.05) is 35.3 Å². The summed E-state index contributed by atoms with van der Waals surface area (Å²) in [7, 11) is 1.97. The van der Waals surface area contributed by atoms with Gasteiger partial charge >= 0.3 is 0 Å². The first-order valence-corrected chi connectivity index (χ1v) is 8.31. The number of para-hydroxylation sites is 1. The first-order chi connectivity index (χ1) is 11.2. The average Bonchev–Trinajstić information content (AvgIpc) is 3.05. The fourth-order valence-electron chi connectivity index (χ4n) is 4.06. The fourth-order valence-corrected chi connectivity index (χ4v) is 4.06. The number of nitrogens with one attached hydrogen (secondary N) is 1. The van der Waals surface area contributed by atoms with E-state index in [-0.39, 0.29) is 17.7 Å². The number of carbonyl (C=O) groups excluding carboxylic acids is 2. The van der Waals surface area contributed by atoms with Gasteiger partial charge < -0.3 is 4.57 Å². The summed E-state index contributed by atoms with van der Waals surface area (Å²) in [5.41, 5.74) is 3.27. The van der Waals surface area contributed by atoms with Crippen molar-refractivity contribution >= 4 is 28.3 Å². The molecule has 1 N–H and O–H groups in total. The molecule has 4 heteroatoms. The summed E-state index contributed by atoms with van der Waals surface area (Å²) in [4.78, 5) is 24.9. The molecule has 1 aromatic carbocycles. The topological polar surface area (TPSA) is 51.1 Å². The van der Waals surface area contributed by atoms with E-state index in [1.165, 1.54) is 6.42 Å². The summed E-state index contributed by atoms with van der Waals surface area (Å²) in [5.74, 6) is -0.221. The number of nitrogens with zero attached hydrogens (tertiary/aromatic N) is 1. The Labute approximate surface area is 135 Å². The van der Waals surface area contributed by atoms with Crippen LogP contribution in [-0.2, 0) is 16.6 Å². The van der Waals surface area contributed by atoms with Gasteiger partial charge in [-0.2, -0.15) is 0 Å². The predicted molar refractivity (Wildman–Crippen MR) is 89.6 cm³/mol. The van der Waals surface area contributed by atoms with Crippen LogP contribution in [0.5, 0.6) is 0 Å². The number of carbonyl (C=O) groups is 2. The van der Waals surface area contributed by atoms with Crippen LogP contribution in [0.4, 0.5) is 0 Å². The lowest BCUT2D eigenvalue weighted by Crippen LogP contribution is -2.25. The van der Waals surface area contributed by atoms with E-state index < -0.39 is 0 Å². The van der Waals surface area contributed by atoms with Gasteiger partial charge in [-0.1, -0.05) is 37.5 Å². The third-order valence-electron chi connectivity index (χ3n) is 5.15. The van der Waals surface area contributed by atoms with Crippen LogP contribution < -0.4 is 5.32 Å². The van der Waals surface area contributed by atoms with Crippen molar-refractivity contribution in [1.29, 1.82) is 0 Å². The molecule has 23 heavy (non-hydrogen) atoms. The van der Waals surface area contributed by atoms with E-state index >= 15 is 0 Å². The average molecular weight is 308 g/mol. The Morgan fingerprint density at radius 3 is 2.57 bits per heavy atom. The smallest absolute Gasteiger partial charge is 0.259 e. The van der Waals surface area contributed by atoms with Gasteiger partial charge in [-0.05, 0) is 24.8 Å². The minimum Gasteiger partial charge on any atom is -0.350 e. The molecular formula is C19H20N2O2. The Morgan fingerprint density at radius 2 is 1.78 bits per heavy atom. The summed E-state index contributed by atoms with van der Waals surface area (Å²) < 4.78 is 2.02. The summed E-state index contributed by atoms with van der Waals surface area (Å²) in [5, 5.41) is 3.56. The number of hydrogen-bond acceptors (Lipinski definition) is 2. The molecule has 0 atom stereocenters. The summed E-state index contributed by atoms with van der Waals surface area (Å²) in [6.07, 6.45) is 7.48. The second-order valence-electron chi connectivity index (χ2n) is 6.58. The maximum Gasteiger partial charge on any atom is 0.259 e. The molecule has 0 saturated heterocycles. The van der Waals surface area contributed by atoms with Crippen molar-refractivity contribution in [2.45, 2.75) is 32.1 Å². The van der Waals surface area contributed by atoms with Crippen molar-refractivity contribution < 1.29 is 9.59 Å². The Balaban J connectivity index is 1.93. The molecule has 0 unspecified atom stereocenters. The highest BCUT2D eigenvalue weighted by molar-refractivity contribution is 6.37. The first kappa shape index (κ1) is 14.2. The molecule has 0 spiro atoms. The van der Waals surface area contributed by atoms with Gasteiger partial charge in [0.1, 0.15) is 0 Å². The number of rotatable bonds is 2. The molecule has 2 heterocycles. The van der Waals surface area contributed by atoms with E-state index in [2.05, 4.69) is 5.32 Å². The van der Waals surface area contributed by atoms with Gasteiger partial charge in [0.25, 0.3) is 11.8 Å². The van der Waals surface area contributed by atoms with Gasteiger partial charge in [-0.25, -0.2) is 0 Å². The highest BCUT2D eigenvalue weighted by atomic mass is 16.2. The van der Waals surface area contributed by atoms with Crippen molar-refractivity contribution in [2.75, 3.05) is 0 Å². The monoisotopic (exact) mass is 308 g/mol. The number of aryl methyl sites for hydroxylation is 1. The van der Waals surface area contributed by atoms with Crippen molar-refractivity contribution in [1.82, 2.24) is 9.88 Å². The third kappa shape index (κ3) is 2.21. The Bertz CT molecular complexity index is 838. The van der Waals surface area contributed by atoms with Gasteiger partial charge in [0.05, 0.1) is 5.57 Å². The number of amides is 2. The Hall–Kier alpha value is -2.36. The van der Waals surface area contributed by atoms with Crippen LogP contribution >= 0.6 is 0 Å². The zero-order valence-electron chi connectivity index (χ0n) is 13.3. The van der Waals surface area contributed by atoms with Gasteiger partial charge in [-0.15, -0.1) is 0 Å². The van der Waals surface area contributed by atoms with Gasteiger partial charge in [0.2, 0.25) is 0 Å². The molecule has 1 saturated carbocycles. The molecule has 2 aromatic rings. The number of fused-ring (bicyclic) bond motifs is 1. The van der Waals surface area contributed by atoms with Crippen LogP contribution in [-0.4, -0.2) is 16.4 Å². The predicted octanol–water partition coefficient (Wildman–Crippen LogP) is 3.17. The molecule has 1 aromatic heterocycles. The van der Waals surface area contributed by atoms with Crippen molar-refractivity contribution in [3.63, 3.8) is 0 Å². The number of hydrogen-bond donors (Lipinski definition) is 1. The normalized spacial score (nSPS) is 19.7. The highest BCUT2D eigenvalue weighted by Crippen LogP contribution is 2.39. The summed E-state index contributed by atoms with van der Waals surface area (Å²) >= 11 is 0. The van der Waals surface area contributed by atoms with E-state index in [1.807, 2.05) is 42.1 Å². The lowest BCUT2D eigenvalue weighted by atomic mass is 9.81. The molecule has 0 bridgehead atoms. The Morgan fingerprint density at radius 1 is 1.04 bits per heavy atom. The summed E-state index contributed by atoms with van der Waals surface area (Å²) in [6, 6.07) is 8.02. The molecule has 1 aliphatic heterocycles. The van der Waals surface area contributed by atoms with Crippen LogP contribution in [0.15, 0.2) is 36.0 Å². The minimum absolute atomic E-state index is 0.190. The highest BCUT2D eigenvalue weighted by Gasteiger charge is 2.37. The van der Waals surface area contributed by atoms with Gasteiger partial charge in [-0.3, -0.25) is 14.9 Å². The van der Waals surface area contributed by atoms with E-state index in [9.17, 15) is 9.59 Å². The molecular weight excluding hydrogens is 288 g/mol. The van der Waals surface area contributed by atoms with E-state index in [1.54, 1.807) is 0 Å². The zero-order valence-corrected chi connectivity index (χ0v) is 13.3. The fraction of sp³-hybridized carbons (Fsp3) is 0.368. The van der Waals surface area contributed by atoms with Crippen LogP contribution in [0, 0.1) is 5.92 Å². The Kier molecular flexibility index (Phi) is 3.33. The van der Waals surface area contributed by atoms with Crippen LogP contribution in [0.2, 0.25) is 0 Å². The number of imide groups is 1. The lowest BCUT2D eigenvalue weighted by molar-refractivity contribution is -0.123. The molecule has 0 radical (unpaired) electrons. The van der Waals surface area contributed by atoms with Crippen molar-refractivity contribution in [2.24, 2.45) is 13.0 Å². The molecule has 1 fully saturated rings. The molecule has 2 aliphatic rings. The van der Waals surface area contributed by atoms with E-state index in [4.69, 9.17) is 0 Å². The van der Waals surface area contributed by atoms with Crippen LogP contribution in [0.1, 0.15) is 37.7 Å². The van der Waals surface area contributed by atoms with Crippen molar-refractivity contribution in [3.8, 4) is 0 Å². The van der Waals surface area contributed by atoms with E-state index in [0.717, 1.165) is 42.1 Å². The van der Waals surface area contributed by atoms with Crippen molar-refractivity contribution in [3.05, 3.63) is 41.6 Å². The number of aromatic nitrogens is 1. The quantitative estimate of drug-likeness (QED) is 0.866. The second kappa shape index (κ2) is 5.37. The molecule has 4 rings (SSSR count). The maximum atomic E-state index is 12.5. The number of benzene rings is 1. The van der Waals surface area contributed by atoms with Crippen LogP contribution in [0.3, 0.4) is 0 Å². The SMILES string of the molecule is Cn1cc(C2=C(C3CCCCC3)C(=O)NC2=O)c2ccccc21. The molecule has 1 aliphatic carbocycles. The summed E-state index contributed by atoms with van der Waals surface area (Å²) in [6.45, 7) is 0. The zero-order chi connectivity index (χ0) is 16.0. The minimum atomic E-state index is -0.244. The second-order valence-corrected chi connectivity index (χ2v) is 6.58. The first-order valence-electron chi connectivity index (χ1n) is 8.31. The maximum absolute atomic E-state index is 12.5. The largest absolute Gasteiger partial charge is 0.350 e.